The van der Waals surface area contributed by atoms with Crippen molar-refractivity contribution in [1.29, 1.82) is 0 Å². The molecule has 2 aromatic carbocycles. The van der Waals surface area contributed by atoms with E-state index in [1.165, 1.54) is 24.3 Å². The number of ketones is 1. The summed E-state index contributed by atoms with van der Waals surface area (Å²) in [6, 6.07) is 12.7. The molecule has 0 atom stereocenters. The van der Waals surface area contributed by atoms with Crippen molar-refractivity contribution in [3.8, 4) is 0 Å². The van der Waals surface area contributed by atoms with Gasteiger partial charge in [-0.25, -0.2) is 4.39 Å². The fraction of sp³-hybridized carbons (Fsp3) is 0.190. The Hall–Kier alpha value is -3.88. The predicted molar refractivity (Wildman–Crippen MR) is 108 cm³/mol. The summed E-state index contributed by atoms with van der Waals surface area (Å²) in [5.41, 5.74) is 7.92. The quantitative estimate of drug-likeness (QED) is 0.429. The van der Waals surface area contributed by atoms with Crippen molar-refractivity contribution in [2.45, 2.75) is 26.4 Å². The maximum absolute atomic E-state index is 12.9. The van der Waals surface area contributed by atoms with Crippen molar-refractivity contribution < 1.29 is 18.7 Å². The van der Waals surface area contributed by atoms with Gasteiger partial charge < -0.3 is 15.8 Å². The first kappa shape index (κ1) is 20.8. The van der Waals surface area contributed by atoms with E-state index >= 15 is 0 Å². The Morgan fingerprint density at radius 2 is 1.70 bits per heavy atom. The molecular formula is C21H20FN5O3. The molecule has 0 unspecified atom stereocenters. The maximum atomic E-state index is 12.9. The van der Waals surface area contributed by atoms with Crippen molar-refractivity contribution in [2.75, 3.05) is 11.1 Å². The number of nitrogens with two attached hydrogens (primary N) is 1. The Kier molecular flexibility index (Phi) is 6.63. The Morgan fingerprint density at radius 1 is 1.00 bits per heavy atom. The standard InChI is InChI=1S/C21H20FN5O3/c1-13-2-8-16(9-3-13)24-21-26-18(25-20(23)27-21)12-30-19(29)11-10-17(28)14-4-6-15(22)7-5-14/h2-9H,10-12H2,1H3,(H3,23,24,25,26,27). The highest BCUT2D eigenvalue weighted by Gasteiger charge is 2.12. The lowest BCUT2D eigenvalue weighted by Crippen LogP contribution is -2.12. The van der Waals surface area contributed by atoms with Crippen LogP contribution in [0, 0.1) is 12.7 Å². The zero-order valence-corrected chi connectivity index (χ0v) is 16.3. The molecule has 1 heterocycles. The van der Waals surface area contributed by atoms with Gasteiger partial charge in [0.1, 0.15) is 5.82 Å². The molecule has 0 saturated carbocycles. The highest BCUT2D eigenvalue weighted by atomic mass is 19.1. The number of anilines is 3. The number of carbonyl (C=O) groups is 2. The number of Topliss-reactive ketones (excluding diaryl/α,β-unsaturated/α-hetero) is 1. The van der Waals surface area contributed by atoms with E-state index in [0.29, 0.717) is 5.56 Å². The number of nitrogens with zero attached hydrogens (tertiary/aromatic N) is 3. The van der Waals surface area contributed by atoms with E-state index in [-0.39, 0.29) is 43.0 Å². The molecule has 1 aromatic heterocycles. The van der Waals surface area contributed by atoms with Crippen molar-refractivity contribution >= 4 is 29.3 Å². The second kappa shape index (κ2) is 9.55. The lowest BCUT2D eigenvalue weighted by Gasteiger charge is -2.08. The van der Waals surface area contributed by atoms with Gasteiger partial charge in [0.05, 0.1) is 6.42 Å². The minimum Gasteiger partial charge on any atom is -0.457 e. The van der Waals surface area contributed by atoms with E-state index in [1.807, 2.05) is 31.2 Å². The molecule has 0 aliphatic carbocycles. The zero-order valence-electron chi connectivity index (χ0n) is 16.3. The van der Waals surface area contributed by atoms with Gasteiger partial charge in [-0.3, -0.25) is 9.59 Å². The number of ether oxygens (including phenoxy) is 1. The summed E-state index contributed by atoms with van der Waals surface area (Å²) in [6.45, 7) is 1.77. The molecule has 0 saturated heterocycles. The van der Waals surface area contributed by atoms with Crippen LogP contribution in [0.25, 0.3) is 0 Å². The molecular weight excluding hydrogens is 389 g/mol. The number of rotatable bonds is 8. The Labute approximate surface area is 172 Å². The van der Waals surface area contributed by atoms with E-state index in [2.05, 4.69) is 20.3 Å². The Morgan fingerprint density at radius 3 is 2.40 bits per heavy atom. The zero-order chi connectivity index (χ0) is 21.5. The summed E-state index contributed by atoms with van der Waals surface area (Å²) in [5.74, 6) is -0.909. The summed E-state index contributed by atoms with van der Waals surface area (Å²) >= 11 is 0. The van der Waals surface area contributed by atoms with E-state index in [1.54, 1.807) is 0 Å². The van der Waals surface area contributed by atoms with Gasteiger partial charge in [0.2, 0.25) is 11.9 Å². The third kappa shape index (κ3) is 6.06. The predicted octanol–water partition coefficient (Wildman–Crippen LogP) is 3.35. The number of hydrogen-bond donors (Lipinski definition) is 2. The number of benzene rings is 2. The van der Waals surface area contributed by atoms with Gasteiger partial charge in [-0.2, -0.15) is 15.0 Å². The van der Waals surface area contributed by atoms with Gasteiger partial charge in [0, 0.05) is 17.7 Å². The fourth-order valence-corrected chi connectivity index (χ4v) is 2.54. The van der Waals surface area contributed by atoms with Crippen LogP contribution in [0.1, 0.15) is 34.6 Å². The monoisotopic (exact) mass is 409 g/mol. The average molecular weight is 409 g/mol. The average Bonchev–Trinajstić information content (AvgIpc) is 2.72. The van der Waals surface area contributed by atoms with Crippen LogP contribution in [0.15, 0.2) is 48.5 Å². The molecule has 0 aliphatic heterocycles. The number of aryl methyl sites for hydroxylation is 1. The molecule has 0 fully saturated rings. The maximum Gasteiger partial charge on any atom is 0.306 e. The molecule has 154 valence electrons. The Bertz CT molecular complexity index is 1040. The second-order valence-electron chi connectivity index (χ2n) is 6.52. The number of aromatic nitrogens is 3. The lowest BCUT2D eigenvalue weighted by molar-refractivity contribution is -0.145. The number of esters is 1. The van der Waals surface area contributed by atoms with E-state index in [0.717, 1.165) is 11.3 Å². The molecule has 0 radical (unpaired) electrons. The third-order valence-corrected chi connectivity index (χ3v) is 4.09. The SMILES string of the molecule is Cc1ccc(Nc2nc(N)nc(COC(=O)CCC(=O)c3ccc(F)cc3)n2)cc1. The van der Waals surface area contributed by atoms with Crippen LogP contribution < -0.4 is 11.1 Å². The molecule has 3 aromatic rings. The topological polar surface area (TPSA) is 120 Å². The van der Waals surface area contributed by atoms with Crippen LogP contribution in [-0.2, 0) is 16.1 Å². The van der Waals surface area contributed by atoms with Gasteiger partial charge in [0.15, 0.2) is 18.2 Å². The number of nitrogens with one attached hydrogen (secondary N) is 1. The van der Waals surface area contributed by atoms with E-state index < -0.39 is 11.8 Å². The minimum absolute atomic E-state index is 0.0165. The van der Waals surface area contributed by atoms with Crippen molar-refractivity contribution in [3.63, 3.8) is 0 Å². The Balaban J connectivity index is 1.52. The normalized spacial score (nSPS) is 10.5. The van der Waals surface area contributed by atoms with Gasteiger partial charge in [-0.15, -0.1) is 0 Å². The molecule has 0 aliphatic rings. The molecule has 3 N–H and O–H groups in total. The molecule has 0 bridgehead atoms. The molecule has 0 amide bonds. The van der Waals surface area contributed by atoms with Gasteiger partial charge in [-0.1, -0.05) is 17.7 Å². The highest BCUT2D eigenvalue weighted by Crippen LogP contribution is 2.15. The fourth-order valence-electron chi connectivity index (χ4n) is 2.54. The molecule has 9 heteroatoms. The number of carbonyl (C=O) groups excluding carboxylic acids is 2. The smallest absolute Gasteiger partial charge is 0.306 e. The second-order valence-corrected chi connectivity index (χ2v) is 6.52. The summed E-state index contributed by atoms with van der Waals surface area (Å²) in [7, 11) is 0. The van der Waals surface area contributed by atoms with Crippen LogP contribution in [0.3, 0.4) is 0 Å². The first-order chi connectivity index (χ1) is 14.4. The van der Waals surface area contributed by atoms with Gasteiger partial charge in [0.25, 0.3) is 0 Å². The molecule has 8 nitrogen and oxygen atoms in total. The van der Waals surface area contributed by atoms with E-state index in [4.69, 9.17) is 10.5 Å². The van der Waals surface area contributed by atoms with Gasteiger partial charge in [-0.05, 0) is 43.3 Å². The molecule has 0 spiro atoms. The number of hydrogen-bond acceptors (Lipinski definition) is 8. The largest absolute Gasteiger partial charge is 0.457 e. The van der Waals surface area contributed by atoms with Gasteiger partial charge >= 0.3 is 5.97 Å². The van der Waals surface area contributed by atoms with Crippen LogP contribution in [0.5, 0.6) is 0 Å². The van der Waals surface area contributed by atoms with Crippen LogP contribution in [0.4, 0.5) is 22.0 Å². The first-order valence-corrected chi connectivity index (χ1v) is 9.17. The summed E-state index contributed by atoms with van der Waals surface area (Å²) in [6.07, 6.45) is -0.171. The summed E-state index contributed by atoms with van der Waals surface area (Å²) in [4.78, 5) is 36.1. The lowest BCUT2D eigenvalue weighted by atomic mass is 10.1. The highest BCUT2D eigenvalue weighted by molar-refractivity contribution is 5.97. The number of nitrogen functional groups attached to an aromatic ring is 1. The summed E-state index contributed by atoms with van der Waals surface area (Å²) < 4.78 is 18.0. The molecule has 30 heavy (non-hydrogen) atoms. The number of halogens is 1. The van der Waals surface area contributed by atoms with Crippen LogP contribution in [-0.4, -0.2) is 26.7 Å². The van der Waals surface area contributed by atoms with Crippen molar-refractivity contribution in [3.05, 3.63) is 71.3 Å². The minimum atomic E-state index is -0.586. The van der Waals surface area contributed by atoms with Crippen LogP contribution in [0.2, 0.25) is 0 Å². The third-order valence-electron chi connectivity index (χ3n) is 4.09. The van der Waals surface area contributed by atoms with Crippen LogP contribution >= 0.6 is 0 Å². The van der Waals surface area contributed by atoms with Crippen molar-refractivity contribution in [2.24, 2.45) is 0 Å². The van der Waals surface area contributed by atoms with E-state index in [9.17, 15) is 14.0 Å². The first-order valence-electron chi connectivity index (χ1n) is 9.17. The summed E-state index contributed by atoms with van der Waals surface area (Å²) in [5, 5.41) is 3.01. The molecule has 3 rings (SSSR count). The van der Waals surface area contributed by atoms with Crippen molar-refractivity contribution in [1.82, 2.24) is 15.0 Å².